The van der Waals surface area contributed by atoms with E-state index in [1.165, 1.54) is 30.7 Å². The zero-order valence-electron chi connectivity index (χ0n) is 11.5. The molecule has 0 aromatic carbocycles. The quantitative estimate of drug-likeness (QED) is 0.831. The van der Waals surface area contributed by atoms with Crippen LogP contribution in [0, 0.1) is 0 Å². The maximum absolute atomic E-state index is 5.89. The van der Waals surface area contributed by atoms with Gasteiger partial charge in [0, 0.05) is 19.0 Å². The molecule has 0 atom stereocenters. The van der Waals surface area contributed by atoms with Gasteiger partial charge < -0.3 is 10.1 Å². The van der Waals surface area contributed by atoms with Gasteiger partial charge in [-0.1, -0.05) is 32.6 Å². The Morgan fingerprint density at radius 1 is 1.33 bits per heavy atom. The van der Waals surface area contributed by atoms with Crippen molar-refractivity contribution in [3.05, 3.63) is 16.1 Å². The molecule has 3 nitrogen and oxygen atoms in total. The highest BCUT2D eigenvalue weighted by atomic mass is 32.1. The largest absolute Gasteiger partial charge is 0.371 e. The lowest BCUT2D eigenvalue weighted by Gasteiger charge is -2.29. The van der Waals surface area contributed by atoms with Gasteiger partial charge in [0.05, 0.1) is 5.69 Å². The molecule has 0 spiro atoms. The molecule has 1 fully saturated rings. The first-order valence-electron chi connectivity index (χ1n) is 7.01. The molecule has 0 amide bonds. The second kappa shape index (κ2) is 6.64. The zero-order valence-corrected chi connectivity index (χ0v) is 12.3. The summed E-state index contributed by atoms with van der Waals surface area (Å²) in [6.45, 7) is 3.98. The fourth-order valence-electron chi connectivity index (χ4n) is 2.66. The molecule has 1 aromatic heterocycles. The first kappa shape index (κ1) is 14.0. The van der Waals surface area contributed by atoms with Gasteiger partial charge in [-0.15, -0.1) is 11.3 Å². The minimum Gasteiger partial charge on any atom is -0.371 e. The minimum absolute atomic E-state index is 0.106. The standard InChI is InChI=1S/C14H24N2OS/c1-3-15-10-12-11-18-13(16-12)14(17-2)8-6-4-5-7-9-14/h11,15H,3-10H2,1-2H3. The van der Waals surface area contributed by atoms with Gasteiger partial charge in [-0.25, -0.2) is 4.98 Å². The molecule has 1 aliphatic rings. The normalized spacial score (nSPS) is 19.7. The number of thiazole rings is 1. The number of hydrogen-bond acceptors (Lipinski definition) is 4. The first-order valence-corrected chi connectivity index (χ1v) is 7.89. The molecule has 102 valence electrons. The molecule has 1 N–H and O–H groups in total. The zero-order chi connectivity index (χ0) is 12.8. The number of ether oxygens (including phenoxy) is 1. The van der Waals surface area contributed by atoms with Crippen LogP contribution in [-0.2, 0) is 16.9 Å². The molecule has 1 aliphatic carbocycles. The lowest BCUT2D eigenvalue weighted by Crippen LogP contribution is -2.27. The number of nitrogens with zero attached hydrogens (tertiary/aromatic N) is 1. The van der Waals surface area contributed by atoms with E-state index in [0.717, 1.165) is 31.6 Å². The van der Waals surface area contributed by atoms with Crippen molar-refractivity contribution in [2.45, 2.75) is 57.6 Å². The summed E-state index contributed by atoms with van der Waals surface area (Å²) in [6, 6.07) is 0. The Kier molecular flexibility index (Phi) is 5.15. The van der Waals surface area contributed by atoms with Crippen molar-refractivity contribution in [2.75, 3.05) is 13.7 Å². The number of methoxy groups -OCH3 is 1. The van der Waals surface area contributed by atoms with Crippen LogP contribution < -0.4 is 5.32 Å². The smallest absolute Gasteiger partial charge is 0.125 e. The Bertz CT molecular complexity index is 356. The monoisotopic (exact) mass is 268 g/mol. The van der Waals surface area contributed by atoms with Crippen molar-refractivity contribution in [3.63, 3.8) is 0 Å². The van der Waals surface area contributed by atoms with Gasteiger partial charge in [0.2, 0.25) is 0 Å². The molecule has 0 aliphatic heterocycles. The summed E-state index contributed by atoms with van der Waals surface area (Å²) in [4.78, 5) is 4.79. The predicted octanol–water partition coefficient (Wildman–Crippen LogP) is 3.45. The van der Waals surface area contributed by atoms with Crippen LogP contribution in [0.15, 0.2) is 5.38 Å². The lowest BCUT2D eigenvalue weighted by atomic mass is 9.95. The highest BCUT2D eigenvalue weighted by molar-refractivity contribution is 7.09. The van der Waals surface area contributed by atoms with Crippen LogP contribution in [0.2, 0.25) is 0 Å². The maximum atomic E-state index is 5.89. The Morgan fingerprint density at radius 3 is 2.67 bits per heavy atom. The fraction of sp³-hybridized carbons (Fsp3) is 0.786. The predicted molar refractivity (Wildman–Crippen MR) is 75.9 cm³/mol. The van der Waals surface area contributed by atoms with Gasteiger partial charge in [-0.3, -0.25) is 0 Å². The van der Waals surface area contributed by atoms with Crippen molar-refractivity contribution in [1.82, 2.24) is 10.3 Å². The average molecular weight is 268 g/mol. The van der Waals surface area contributed by atoms with E-state index in [1.54, 1.807) is 11.3 Å². The molecular weight excluding hydrogens is 244 g/mol. The van der Waals surface area contributed by atoms with E-state index >= 15 is 0 Å². The maximum Gasteiger partial charge on any atom is 0.125 e. The van der Waals surface area contributed by atoms with Crippen LogP contribution in [0.3, 0.4) is 0 Å². The molecular formula is C14H24N2OS. The van der Waals surface area contributed by atoms with Crippen LogP contribution >= 0.6 is 11.3 Å². The summed E-state index contributed by atoms with van der Waals surface area (Å²) in [5, 5.41) is 6.68. The van der Waals surface area contributed by atoms with Gasteiger partial charge in [0.1, 0.15) is 10.6 Å². The SMILES string of the molecule is CCNCc1csc(C2(OC)CCCCCC2)n1. The number of rotatable bonds is 5. The summed E-state index contributed by atoms with van der Waals surface area (Å²) in [5.41, 5.74) is 1.04. The van der Waals surface area contributed by atoms with Crippen molar-refractivity contribution >= 4 is 11.3 Å². The van der Waals surface area contributed by atoms with Crippen LogP contribution in [0.25, 0.3) is 0 Å². The fourth-order valence-corrected chi connectivity index (χ4v) is 3.71. The Labute approximate surface area is 114 Å². The highest BCUT2D eigenvalue weighted by Gasteiger charge is 2.35. The molecule has 0 radical (unpaired) electrons. The van der Waals surface area contributed by atoms with Gasteiger partial charge in [0.25, 0.3) is 0 Å². The van der Waals surface area contributed by atoms with E-state index in [9.17, 15) is 0 Å². The summed E-state index contributed by atoms with van der Waals surface area (Å²) >= 11 is 1.76. The van der Waals surface area contributed by atoms with Gasteiger partial charge in [-0.05, 0) is 19.4 Å². The molecule has 18 heavy (non-hydrogen) atoms. The van der Waals surface area contributed by atoms with E-state index in [4.69, 9.17) is 9.72 Å². The highest BCUT2D eigenvalue weighted by Crippen LogP contribution is 2.40. The summed E-state index contributed by atoms with van der Waals surface area (Å²) in [7, 11) is 1.84. The van der Waals surface area contributed by atoms with E-state index in [2.05, 4.69) is 17.6 Å². The average Bonchev–Trinajstić information content (AvgIpc) is 2.74. The van der Waals surface area contributed by atoms with Gasteiger partial charge in [0.15, 0.2) is 0 Å². The number of hydrogen-bond donors (Lipinski definition) is 1. The third kappa shape index (κ3) is 3.11. The first-order chi connectivity index (χ1) is 8.80. The van der Waals surface area contributed by atoms with Crippen molar-refractivity contribution in [1.29, 1.82) is 0 Å². The lowest BCUT2D eigenvalue weighted by molar-refractivity contribution is -0.0280. The van der Waals surface area contributed by atoms with E-state index in [-0.39, 0.29) is 5.60 Å². The van der Waals surface area contributed by atoms with Crippen molar-refractivity contribution < 1.29 is 4.74 Å². The van der Waals surface area contributed by atoms with Gasteiger partial charge >= 0.3 is 0 Å². The summed E-state index contributed by atoms with van der Waals surface area (Å²) in [5.74, 6) is 0. The van der Waals surface area contributed by atoms with Crippen molar-refractivity contribution in [2.24, 2.45) is 0 Å². The van der Waals surface area contributed by atoms with Gasteiger partial charge in [-0.2, -0.15) is 0 Å². The molecule has 1 aromatic rings. The molecule has 4 heteroatoms. The molecule has 1 heterocycles. The summed E-state index contributed by atoms with van der Waals surface area (Å²) < 4.78 is 5.89. The Balaban J connectivity index is 2.12. The molecule has 0 unspecified atom stereocenters. The molecule has 2 rings (SSSR count). The van der Waals surface area contributed by atoms with E-state index < -0.39 is 0 Å². The molecule has 1 saturated carbocycles. The second-order valence-corrected chi connectivity index (χ2v) is 5.90. The number of aromatic nitrogens is 1. The van der Waals surface area contributed by atoms with E-state index in [1.807, 2.05) is 7.11 Å². The topological polar surface area (TPSA) is 34.1 Å². The second-order valence-electron chi connectivity index (χ2n) is 5.04. The van der Waals surface area contributed by atoms with E-state index in [0.29, 0.717) is 0 Å². The Hall–Kier alpha value is -0.450. The third-order valence-corrected chi connectivity index (χ3v) is 4.88. The Morgan fingerprint density at radius 2 is 2.06 bits per heavy atom. The van der Waals surface area contributed by atoms with Crippen LogP contribution in [-0.4, -0.2) is 18.6 Å². The molecule has 0 saturated heterocycles. The summed E-state index contributed by atoms with van der Waals surface area (Å²) in [6.07, 6.45) is 7.43. The van der Waals surface area contributed by atoms with Crippen LogP contribution in [0.4, 0.5) is 0 Å². The van der Waals surface area contributed by atoms with Crippen molar-refractivity contribution in [3.8, 4) is 0 Å². The third-order valence-electron chi connectivity index (χ3n) is 3.80. The molecule has 0 bridgehead atoms. The van der Waals surface area contributed by atoms with Crippen LogP contribution in [0.1, 0.15) is 56.2 Å². The number of nitrogens with one attached hydrogen (secondary N) is 1. The minimum atomic E-state index is -0.106. The van der Waals surface area contributed by atoms with Crippen LogP contribution in [0.5, 0.6) is 0 Å².